The van der Waals surface area contributed by atoms with Gasteiger partial charge >= 0.3 is 0 Å². The third kappa shape index (κ3) is 3.94. The van der Waals surface area contributed by atoms with Crippen LogP contribution in [0.3, 0.4) is 0 Å². The number of aliphatic hydroxyl groups is 1. The fraction of sp³-hybridized carbons (Fsp3) is 0.714. The summed E-state index contributed by atoms with van der Waals surface area (Å²) >= 11 is 0. The summed E-state index contributed by atoms with van der Waals surface area (Å²) in [7, 11) is 0. The lowest BCUT2D eigenvalue weighted by Crippen LogP contribution is -2.23. The summed E-state index contributed by atoms with van der Waals surface area (Å²) in [6, 6.07) is 0. The van der Waals surface area contributed by atoms with E-state index in [1.54, 1.807) is 0 Å². The van der Waals surface area contributed by atoms with Crippen LogP contribution in [0.5, 0.6) is 0 Å². The van der Waals surface area contributed by atoms with E-state index in [4.69, 9.17) is 5.11 Å². The number of rotatable bonds is 6. The zero-order valence-electron chi connectivity index (χ0n) is 7.73. The molecule has 0 saturated carbocycles. The monoisotopic (exact) mass is 199 g/mol. The number of hydrogen-bond donors (Lipinski definition) is 3. The topological polar surface area (TPSA) is 104 Å². The largest absolute Gasteiger partial charge is 0.396 e. The van der Waals surface area contributed by atoms with Gasteiger partial charge in [-0.3, -0.25) is 4.79 Å². The van der Waals surface area contributed by atoms with Crippen molar-refractivity contribution >= 4 is 5.91 Å². The average Bonchev–Trinajstić information content (AvgIpc) is 2.68. The van der Waals surface area contributed by atoms with E-state index >= 15 is 0 Å². The van der Waals surface area contributed by atoms with Gasteiger partial charge in [0.2, 0.25) is 5.91 Å². The number of aromatic nitrogens is 4. The second-order valence-electron chi connectivity index (χ2n) is 2.79. The van der Waals surface area contributed by atoms with Crippen LogP contribution in [0, 0.1) is 0 Å². The molecule has 78 valence electrons. The van der Waals surface area contributed by atoms with Crippen LogP contribution in [0.15, 0.2) is 0 Å². The van der Waals surface area contributed by atoms with Crippen LogP contribution in [-0.2, 0) is 11.3 Å². The number of hydrogen-bond acceptors (Lipinski definition) is 5. The molecule has 0 spiro atoms. The van der Waals surface area contributed by atoms with Gasteiger partial charge in [-0.15, -0.1) is 10.2 Å². The minimum absolute atomic E-state index is 0.0664. The van der Waals surface area contributed by atoms with Crippen molar-refractivity contribution in [3.63, 3.8) is 0 Å². The molecule has 1 rings (SSSR count). The number of nitrogens with one attached hydrogen (secondary N) is 2. The molecule has 0 aliphatic rings. The standard InChI is InChI=1S/C7H13N5O2/c13-4-2-1-3-7(14)8-5-6-9-11-12-10-6/h13H,1-5H2,(H,8,14)(H,9,10,11,12). The molecule has 0 bridgehead atoms. The number of amides is 1. The van der Waals surface area contributed by atoms with Crippen molar-refractivity contribution < 1.29 is 9.90 Å². The fourth-order valence-electron chi connectivity index (χ4n) is 0.921. The van der Waals surface area contributed by atoms with Crippen molar-refractivity contribution in [2.75, 3.05) is 6.61 Å². The van der Waals surface area contributed by atoms with E-state index < -0.39 is 0 Å². The molecule has 0 aliphatic carbocycles. The number of aromatic amines is 1. The van der Waals surface area contributed by atoms with E-state index in [9.17, 15) is 4.79 Å². The van der Waals surface area contributed by atoms with E-state index in [0.29, 0.717) is 25.1 Å². The molecule has 7 heteroatoms. The number of nitrogens with zero attached hydrogens (tertiary/aromatic N) is 3. The predicted molar refractivity (Wildman–Crippen MR) is 47.0 cm³/mol. The van der Waals surface area contributed by atoms with Crippen LogP contribution in [0.1, 0.15) is 25.1 Å². The molecule has 0 unspecified atom stereocenters. The van der Waals surface area contributed by atoms with Crippen molar-refractivity contribution in [3.8, 4) is 0 Å². The smallest absolute Gasteiger partial charge is 0.220 e. The lowest BCUT2D eigenvalue weighted by atomic mass is 10.2. The molecule has 0 radical (unpaired) electrons. The van der Waals surface area contributed by atoms with E-state index in [-0.39, 0.29) is 19.1 Å². The Morgan fingerprint density at radius 3 is 3.00 bits per heavy atom. The van der Waals surface area contributed by atoms with Crippen molar-refractivity contribution in [1.29, 1.82) is 0 Å². The number of carbonyl (C=O) groups is 1. The molecule has 14 heavy (non-hydrogen) atoms. The normalized spacial score (nSPS) is 10.1. The highest BCUT2D eigenvalue weighted by Crippen LogP contribution is 1.94. The first kappa shape index (κ1) is 10.6. The first-order chi connectivity index (χ1) is 6.83. The first-order valence-corrected chi connectivity index (χ1v) is 4.43. The number of tetrazole rings is 1. The molecule has 1 aromatic heterocycles. The minimum Gasteiger partial charge on any atom is -0.396 e. The van der Waals surface area contributed by atoms with Crippen molar-refractivity contribution in [1.82, 2.24) is 25.9 Å². The number of unbranched alkanes of at least 4 members (excludes halogenated alkanes) is 1. The highest BCUT2D eigenvalue weighted by molar-refractivity contribution is 5.75. The molecule has 0 saturated heterocycles. The second-order valence-corrected chi connectivity index (χ2v) is 2.79. The fourth-order valence-corrected chi connectivity index (χ4v) is 0.921. The van der Waals surface area contributed by atoms with Crippen LogP contribution in [0.4, 0.5) is 0 Å². The van der Waals surface area contributed by atoms with Crippen molar-refractivity contribution in [2.45, 2.75) is 25.8 Å². The molecule has 0 aromatic carbocycles. The summed E-state index contributed by atoms with van der Waals surface area (Å²) in [6.07, 6.45) is 1.75. The Balaban J connectivity index is 2.09. The van der Waals surface area contributed by atoms with Gasteiger partial charge in [-0.2, -0.15) is 5.21 Å². The SMILES string of the molecule is O=C(CCCCO)NCc1nn[nH]n1. The maximum atomic E-state index is 11.1. The number of H-pyrrole nitrogens is 1. The number of aliphatic hydroxyl groups excluding tert-OH is 1. The molecule has 0 aliphatic heterocycles. The summed E-state index contributed by atoms with van der Waals surface area (Å²) in [5.74, 6) is 0.392. The Hall–Kier alpha value is -1.50. The molecular formula is C7H13N5O2. The third-order valence-corrected chi connectivity index (χ3v) is 1.64. The maximum Gasteiger partial charge on any atom is 0.220 e. The van der Waals surface area contributed by atoms with E-state index in [1.165, 1.54) is 0 Å². The molecule has 3 N–H and O–H groups in total. The van der Waals surface area contributed by atoms with E-state index in [2.05, 4.69) is 25.9 Å². The minimum atomic E-state index is -0.0664. The second kappa shape index (κ2) is 6.03. The van der Waals surface area contributed by atoms with Gasteiger partial charge in [0.15, 0.2) is 5.82 Å². The maximum absolute atomic E-state index is 11.1. The molecule has 1 amide bonds. The molecule has 0 atom stereocenters. The van der Waals surface area contributed by atoms with Gasteiger partial charge in [-0.25, -0.2) is 0 Å². The zero-order chi connectivity index (χ0) is 10.2. The Kier molecular flexibility index (Phi) is 4.56. The zero-order valence-corrected chi connectivity index (χ0v) is 7.73. The Labute approximate surface area is 80.9 Å². The molecule has 7 nitrogen and oxygen atoms in total. The van der Waals surface area contributed by atoms with Crippen molar-refractivity contribution in [2.24, 2.45) is 0 Å². The summed E-state index contributed by atoms with van der Waals surface area (Å²) in [6.45, 7) is 0.409. The van der Waals surface area contributed by atoms with Gasteiger partial charge in [0.1, 0.15) is 0 Å². The molecular weight excluding hydrogens is 186 g/mol. The van der Waals surface area contributed by atoms with Crippen LogP contribution >= 0.6 is 0 Å². The summed E-state index contributed by atoms with van der Waals surface area (Å²) in [5, 5.41) is 24.1. The third-order valence-electron chi connectivity index (χ3n) is 1.64. The van der Waals surface area contributed by atoms with E-state index in [1.807, 2.05) is 0 Å². The average molecular weight is 199 g/mol. The highest BCUT2D eigenvalue weighted by atomic mass is 16.2. The molecule has 1 aromatic rings. The van der Waals surface area contributed by atoms with Crippen molar-refractivity contribution in [3.05, 3.63) is 5.82 Å². The quantitative estimate of drug-likeness (QED) is 0.509. The summed E-state index contributed by atoms with van der Waals surface area (Å²) in [4.78, 5) is 11.1. The summed E-state index contributed by atoms with van der Waals surface area (Å²) < 4.78 is 0. The van der Waals surface area contributed by atoms with Crippen LogP contribution in [-0.4, -0.2) is 38.2 Å². The van der Waals surface area contributed by atoms with Crippen LogP contribution in [0.25, 0.3) is 0 Å². The van der Waals surface area contributed by atoms with E-state index in [0.717, 1.165) is 0 Å². The van der Waals surface area contributed by atoms with Gasteiger partial charge in [-0.1, -0.05) is 5.21 Å². The Morgan fingerprint density at radius 1 is 1.50 bits per heavy atom. The first-order valence-electron chi connectivity index (χ1n) is 4.43. The molecule has 1 heterocycles. The van der Waals surface area contributed by atoms with Gasteiger partial charge in [0, 0.05) is 13.0 Å². The lowest BCUT2D eigenvalue weighted by molar-refractivity contribution is -0.121. The van der Waals surface area contributed by atoms with Crippen LogP contribution < -0.4 is 5.32 Å². The van der Waals surface area contributed by atoms with Gasteiger partial charge in [0.25, 0.3) is 0 Å². The Bertz CT molecular complexity index is 261. The van der Waals surface area contributed by atoms with Gasteiger partial charge in [-0.05, 0) is 12.8 Å². The van der Waals surface area contributed by atoms with Gasteiger partial charge < -0.3 is 10.4 Å². The number of carbonyl (C=O) groups excluding carboxylic acids is 1. The Morgan fingerprint density at radius 2 is 2.36 bits per heavy atom. The predicted octanol–water partition coefficient (Wildman–Crippen LogP) is -1.02. The summed E-state index contributed by atoms with van der Waals surface area (Å²) in [5.41, 5.74) is 0. The highest BCUT2D eigenvalue weighted by Gasteiger charge is 2.02. The lowest BCUT2D eigenvalue weighted by Gasteiger charge is -2.00. The molecule has 0 fully saturated rings. The van der Waals surface area contributed by atoms with Gasteiger partial charge in [0.05, 0.1) is 6.54 Å². The van der Waals surface area contributed by atoms with Crippen LogP contribution in [0.2, 0.25) is 0 Å².